The van der Waals surface area contributed by atoms with Gasteiger partial charge in [0, 0.05) is 18.2 Å². The first kappa shape index (κ1) is 18.8. The fourth-order valence-corrected chi connectivity index (χ4v) is 3.53. The number of halogens is 3. The summed E-state index contributed by atoms with van der Waals surface area (Å²) in [6.45, 7) is 7.21. The molecule has 1 fully saturated rings. The Bertz CT molecular complexity index is 591. The lowest BCUT2D eigenvalue weighted by Gasteiger charge is -2.39. The maximum Gasteiger partial charge on any atom is 0.404 e. The third kappa shape index (κ3) is 3.58. The van der Waals surface area contributed by atoms with E-state index in [0.717, 1.165) is 5.56 Å². The van der Waals surface area contributed by atoms with Gasteiger partial charge in [-0.05, 0) is 47.6 Å². The SMILES string of the molecule is Cc1noc(C)c1C(C)(C)C(=O)N[C@H]1CC[C@@H](C(F)(F)F)N(C)C1. The summed E-state index contributed by atoms with van der Waals surface area (Å²) in [5.41, 5.74) is 0.496. The highest BCUT2D eigenvalue weighted by molar-refractivity contribution is 5.88. The number of aromatic nitrogens is 1. The molecule has 0 saturated carbocycles. The van der Waals surface area contributed by atoms with Gasteiger partial charge >= 0.3 is 6.18 Å². The van der Waals surface area contributed by atoms with Gasteiger partial charge < -0.3 is 9.84 Å². The van der Waals surface area contributed by atoms with Gasteiger partial charge in [-0.3, -0.25) is 9.69 Å². The number of alkyl halides is 3. The molecule has 24 heavy (non-hydrogen) atoms. The number of carbonyl (C=O) groups excluding carboxylic acids is 1. The molecule has 1 aliphatic heterocycles. The van der Waals surface area contributed by atoms with Crippen LogP contribution in [-0.2, 0) is 10.2 Å². The van der Waals surface area contributed by atoms with Crippen molar-refractivity contribution in [3.63, 3.8) is 0 Å². The van der Waals surface area contributed by atoms with Crippen molar-refractivity contribution in [2.45, 2.75) is 64.2 Å². The van der Waals surface area contributed by atoms with E-state index in [9.17, 15) is 18.0 Å². The highest BCUT2D eigenvalue weighted by Gasteiger charge is 2.45. The van der Waals surface area contributed by atoms with E-state index in [1.807, 2.05) is 0 Å². The van der Waals surface area contributed by atoms with Gasteiger partial charge in [-0.2, -0.15) is 13.2 Å². The van der Waals surface area contributed by atoms with Gasteiger partial charge in [-0.15, -0.1) is 0 Å². The summed E-state index contributed by atoms with van der Waals surface area (Å²) in [4.78, 5) is 14.0. The van der Waals surface area contributed by atoms with Crippen LogP contribution >= 0.6 is 0 Å². The number of rotatable bonds is 3. The number of nitrogens with one attached hydrogen (secondary N) is 1. The highest BCUT2D eigenvalue weighted by Crippen LogP contribution is 2.32. The van der Waals surface area contributed by atoms with E-state index in [4.69, 9.17) is 4.52 Å². The predicted octanol–water partition coefficient (Wildman–Crippen LogP) is 2.71. The number of likely N-dealkylation sites (tertiary alicyclic amines) is 1. The van der Waals surface area contributed by atoms with Gasteiger partial charge in [0.15, 0.2) is 0 Å². The zero-order chi connectivity index (χ0) is 18.3. The average molecular weight is 347 g/mol. The molecule has 0 aliphatic carbocycles. The molecule has 0 unspecified atom stereocenters. The van der Waals surface area contributed by atoms with Crippen molar-refractivity contribution < 1.29 is 22.5 Å². The minimum atomic E-state index is -4.24. The van der Waals surface area contributed by atoms with E-state index < -0.39 is 17.6 Å². The Labute approximate surface area is 139 Å². The molecule has 0 radical (unpaired) electrons. The number of nitrogens with zero attached hydrogens (tertiary/aromatic N) is 2. The van der Waals surface area contributed by atoms with Crippen molar-refractivity contribution in [3.05, 3.63) is 17.0 Å². The number of aryl methyl sites for hydroxylation is 2. The molecular formula is C16H24F3N3O2. The lowest BCUT2D eigenvalue weighted by Crippen LogP contribution is -2.56. The number of hydrogen-bond donors (Lipinski definition) is 1. The minimum absolute atomic E-state index is 0.0172. The Kier molecular flexibility index (Phi) is 4.99. The van der Waals surface area contributed by atoms with Crippen LogP contribution in [0.3, 0.4) is 0 Å². The van der Waals surface area contributed by atoms with Crippen molar-refractivity contribution >= 4 is 5.91 Å². The first-order valence-corrected chi connectivity index (χ1v) is 7.96. The molecule has 1 N–H and O–H groups in total. The Hall–Kier alpha value is -1.57. The van der Waals surface area contributed by atoms with Crippen molar-refractivity contribution in [2.75, 3.05) is 13.6 Å². The van der Waals surface area contributed by atoms with Crippen molar-refractivity contribution in [1.82, 2.24) is 15.4 Å². The number of hydrogen-bond acceptors (Lipinski definition) is 4. The molecule has 1 amide bonds. The molecule has 0 bridgehead atoms. The molecule has 5 nitrogen and oxygen atoms in total. The molecule has 8 heteroatoms. The van der Waals surface area contributed by atoms with Crippen LogP contribution in [-0.4, -0.2) is 47.8 Å². The van der Waals surface area contributed by atoms with Gasteiger partial charge in [-0.1, -0.05) is 5.16 Å². The van der Waals surface area contributed by atoms with Crippen LogP contribution in [0.15, 0.2) is 4.52 Å². The van der Waals surface area contributed by atoms with Gasteiger partial charge in [0.2, 0.25) is 5.91 Å². The van der Waals surface area contributed by atoms with Crippen LogP contribution in [0.1, 0.15) is 43.7 Å². The largest absolute Gasteiger partial charge is 0.404 e. The maximum absolute atomic E-state index is 12.9. The molecule has 2 heterocycles. The second-order valence-electron chi connectivity index (χ2n) is 7.07. The average Bonchev–Trinajstić information content (AvgIpc) is 2.77. The highest BCUT2D eigenvalue weighted by atomic mass is 19.4. The zero-order valence-electron chi connectivity index (χ0n) is 14.6. The van der Waals surface area contributed by atoms with Crippen LogP contribution in [0.2, 0.25) is 0 Å². The van der Waals surface area contributed by atoms with Crippen molar-refractivity contribution in [2.24, 2.45) is 0 Å². The quantitative estimate of drug-likeness (QED) is 0.913. The van der Waals surface area contributed by atoms with Crippen LogP contribution in [0, 0.1) is 13.8 Å². The third-order valence-corrected chi connectivity index (χ3v) is 4.77. The van der Waals surface area contributed by atoms with E-state index >= 15 is 0 Å². The second-order valence-corrected chi connectivity index (χ2v) is 7.07. The Morgan fingerprint density at radius 2 is 1.92 bits per heavy atom. The third-order valence-electron chi connectivity index (χ3n) is 4.77. The van der Waals surface area contributed by atoms with Gasteiger partial charge in [-0.25, -0.2) is 0 Å². The van der Waals surface area contributed by atoms with E-state index in [2.05, 4.69) is 10.5 Å². The zero-order valence-corrected chi connectivity index (χ0v) is 14.6. The molecule has 1 aromatic rings. The Morgan fingerprint density at radius 1 is 1.29 bits per heavy atom. The summed E-state index contributed by atoms with van der Waals surface area (Å²) < 4.78 is 43.8. The first-order valence-electron chi connectivity index (χ1n) is 7.96. The van der Waals surface area contributed by atoms with E-state index in [0.29, 0.717) is 17.9 Å². The number of amides is 1. The van der Waals surface area contributed by atoms with Gasteiger partial charge in [0.1, 0.15) is 11.8 Å². The standard InChI is InChI=1S/C16H24F3N3O2/c1-9-13(10(2)24-21-9)15(3,4)14(23)20-11-6-7-12(16(17,18)19)22(5)8-11/h11-12H,6-8H2,1-5H3,(H,20,23)/t11-,12-/m0/s1. The maximum atomic E-state index is 12.9. The fourth-order valence-electron chi connectivity index (χ4n) is 3.53. The molecule has 0 spiro atoms. The monoisotopic (exact) mass is 347 g/mol. The molecule has 2 rings (SSSR count). The Morgan fingerprint density at radius 3 is 2.38 bits per heavy atom. The van der Waals surface area contributed by atoms with E-state index in [1.165, 1.54) is 11.9 Å². The number of likely N-dealkylation sites (N-methyl/N-ethyl adjacent to an activating group) is 1. The van der Waals surface area contributed by atoms with E-state index in [-0.39, 0.29) is 24.9 Å². The van der Waals surface area contributed by atoms with Gasteiger partial charge in [0.05, 0.1) is 11.1 Å². The number of carbonyl (C=O) groups is 1. The van der Waals surface area contributed by atoms with Crippen molar-refractivity contribution in [3.8, 4) is 0 Å². The molecule has 1 aromatic heterocycles. The summed E-state index contributed by atoms with van der Waals surface area (Å²) in [6.07, 6.45) is -3.95. The molecule has 2 atom stereocenters. The lowest BCUT2D eigenvalue weighted by molar-refractivity contribution is -0.188. The summed E-state index contributed by atoms with van der Waals surface area (Å²) in [7, 11) is 1.44. The van der Waals surface area contributed by atoms with Gasteiger partial charge in [0.25, 0.3) is 0 Å². The summed E-state index contributed by atoms with van der Waals surface area (Å²) in [6, 6.07) is -1.75. The van der Waals surface area contributed by atoms with Crippen LogP contribution in [0.5, 0.6) is 0 Å². The molecule has 1 saturated heterocycles. The first-order chi connectivity index (χ1) is 10.9. The van der Waals surface area contributed by atoms with Crippen LogP contribution in [0.25, 0.3) is 0 Å². The second kappa shape index (κ2) is 6.38. The van der Waals surface area contributed by atoms with E-state index in [1.54, 1.807) is 27.7 Å². The van der Waals surface area contributed by atoms with Crippen molar-refractivity contribution in [1.29, 1.82) is 0 Å². The molecule has 0 aromatic carbocycles. The molecule has 1 aliphatic rings. The topological polar surface area (TPSA) is 58.4 Å². The summed E-state index contributed by atoms with van der Waals surface area (Å²) >= 11 is 0. The Balaban J connectivity index is 2.06. The summed E-state index contributed by atoms with van der Waals surface area (Å²) in [5.74, 6) is 0.339. The fraction of sp³-hybridized carbons (Fsp3) is 0.750. The predicted molar refractivity (Wildman–Crippen MR) is 82.6 cm³/mol. The summed E-state index contributed by atoms with van der Waals surface area (Å²) in [5, 5.41) is 6.76. The molecular weight excluding hydrogens is 323 g/mol. The normalized spacial score (nSPS) is 23.3. The minimum Gasteiger partial charge on any atom is -0.361 e. The van der Waals surface area contributed by atoms with Crippen LogP contribution < -0.4 is 5.32 Å². The smallest absolute Gasteiger partial charge is 0.361 e. The lowest BCUT2D eigenvalue weighted by atomic mass is 9.82. The number of piperidine rings is 1. The molecule has 136 valence electrons. The van der Waals surface area contributed by atoms with Crippen LogP contribution in [0.4, 0.5) is 13.2 Å².